The van der Waals surface area contributed by atoms with Gasteiger partial charge in [0.05, 0.1) is 13.0 Å². The van der Waals surface area contributed by atoms with Crippen molar-refractivity contribution in [2.24, 2.45) is 0 Å². The number of rotatable bonds is 5. The fourth-order valence-corrected chi connectivity index (χ4v) is 0.982. The van der Waals surface area contributed by atoms with Crippen molar-refractivity contribution in [3.63, 3.8) is 0 Å². The van der Waals surface area contributed by atoms with Crippen LogP contribution in [0.4, 0.5) is 0 Å². The Morgan fingerprint density at radius 1 is 1.42 bits per heavy atom. The van der Waals surface area contributed by atoms with E-state index in [4.69, 9.17) is 11.6 Å². The molecule has 0 N–H and O–H groups in total. The summed E-state index contributed by atoms with van der Waals surface area (Å²) in [6.07, 6.45) is 0.329. The SMILES string of the molecule is CCOC(=O)CC(Cl)C(=O)CC. The zero-order chi connectivity index (χ0) is 9.56. The average molecular weight is 193 g/mol. The normalized spacial score (nSPS) is 12.2. The van der Waals surface area contributed by atoms with Crippen molar-refractivity contribution in [1.29, 1.82) is 0 Å². The van der Waals surface area contributed by atoms with E-state index in [1.165, 1.54) is 0 Å². The Morgan fingerprint density at radius 3 is 2.42 bits per heavy atom. The summed E-state index contributed by atoms with van der Waals surface area (Å²) < 4.78 is 4.63. The standard InChI is InChI=1S/C8H13ClO3/c1-3-7(10)6(9)5-8(11)12-4-2/h6H,3-5H2,1-2H3. The maximum atomic E-state index is 10.9. The van der Waals surface area contributed by atoms with Gasteiger partial charge in [0.25, 0.3) is 0 Å². The number of Topliss-reactive ketones (excluding diaryl/α,β-unsaturated/α-hetero) is 1. The highest BCUT2D eigenvalue weighted by Crippen LogP contribution is 2.06. The summed E-state index contributed by atoms with van der Waals surface area (Å²) in [6, 6.07) is 0. The molecule has 0 radical (unpaired) electrons. The summed E-state index contributed by atoms with van der Waals surface area (Å²) in [5, 5.41) is -0.728. The first-order valence-corrected chi connectivity index (χ1v) is 4.37. The third kappa shape index (κ3) is 4.34. The van der Waals surface area contributed by atoms with Crippen LogP contribution >= 0.6 is 11.6 Å². The Labute approximate surface area is 77.0 Å². The number of carbonyl (C=O) groups is 2. The zero-order valence-corrected chi connectivity index (χ0v) is 8.06. The van der Waals surface area contributed by atoms with Gasteiger partial charge in [-0.3, -0.25) is 9.59 Å². The summed E-state index contributed by atoms with van der Waals surface area (Å²) in [4.78, 5) is 21.7. The molecule has 0 aromatic carbocycles. The monoisotopic (exact) mass is 192 g/mol. The van der Waals surface area contributed by atoms with E-state index in [1.807, 2.05) is 0 Å². The highest BCUT2D eigenvalue weighted by molar-refractivity contribution is 6.32. The third-order valence-electron chi connectivity index (χ3n) is 1.35. The van der Waals surface area contributed by atoms with Gasteiger partial charge in [-0.2, -0.15) is 0 Å². The number of hydrogen-bond acceptors (Lipinski definition) is 3. The molecule has 0 aromatic rings. The van der Waals surface area contributed by atoms with Crippen LogP contribution in [-0.4, -0.2) is 23.7 Å². The van der Waals surface area contributed by atoms with E-state index in [0.29, 0.717) is 13.0 Å². The lowest BCUT2D eigenvalue weighted by Gasteiger charge is -2.05. The van der Waals surface area contributed by atoms with Crippen molar-refractivity contribution < 1.29 is 14.3 Å². The van der Waals surface area contributed by atoms with Crippen molar-refractivity contribution in [3.05, 3.63) is 0 Å². The van der Waals surface area contributed by atoms with Gasteiger partial charge in [0, 0.05) is 6.42 Å². The molecule has 1 unspecified atom stereocenters. The number of ether oxygens (including phenoxy) is 1. The minimum absolute atomic E-state index is 0.0257. The van der Waals surface area contributed by atoms with E-state index in [0.717, 1.165) is 0 Å². The first-order valence-electron chi connectivity index (χ1n) is 3.94. The molecular formula is C8H13ClO3. The van der Waals surface area contributed by atoms with Gasteiger partial charge in [-0.05, 0) is 6.92 Å². The lowest BCUT2D eigenvalue weighted by molar-refractivity contribution is -0.144. The summed E-state index contributed by atoms with van der Waals surface area (Å²) in [7, 11) is 0. The summed E-state index contributed by atoms with van der Waals surface area (Å²) >= 11 is 5.61. The van der Waals surface area contributed by atoms with Crippen molar-refractivity contribution >= 4 is 23.4 Å². The van der Waals surface area contributed by atoms with Crippen LogP contribution in [0.3, 0.4) is 0 Å². The third-order valence-corrected chi connectivity index (χ3v) is 1.75. The number of ketones is 1. The Balaban J connectivity index is 3.75. The fourth-order valence-electron chi connectivity index (χ4n) is 0.702. The number of carbonyl (C=O) groups excluding carboxylic acids is 2. The maximum absolute atomic E-state index is 10.9. The largest absolute Gasteiger partial charge is 0.466 e. The summed E-state index contributed by atoms with van der Waals surface area (Å²) in [6.45, 7) is 3.74. The second-order valence-corrected chi connectivity index (χ2v) is 2.82. The van der Waals surface area contributed by atoms with Gasteiger partial charge in [-0.15, -0.1) is 11.6 Å². The maximum Gasteiger partial charge on any atom is 0.307 e. The van der Waals surface area contributed by atoms with Gasteiger partial charge in [-0.1, -0.05) is 6.92 Å². The molecule has 0 aliphatic heterocycles. The van der Waals surface area contributed by atoms with Gasteiger partial charge in [0.2, 0.25) is 0 Å². The molecule has 0 heterocycles. The van der Waals surface area contributed by atoms with Gasteiger partial charge in [0.15, 0.2) is 5.78 Å². The highest BCUT2D eigenvalue weighted by atomic mass is 35.5. The van der Waals surface area contributed by atoms with Crippen molar-refractivity contribution in [3.8, 4) is 0 Å². The topological polar surface area (TPSA) is 43.4 Å². The van der Waals surface area contributed by atoms with Crippen LogP contribution in [0, 0.1) is 0 Å². The Kier molecular flexibility index (Phi) is 5.72. The van der Waals surface area contributed by atoms with Crippen LogP contribution < -0.4 is 0 Å². The van der Waals surface area contributed by atoms with Gasteiger partial charge in [0.1, 0.15) is 5.38 Å². The highest BCUT2D eigenvalue weighted by Gasteiger charge is 2.17. The smallest absolute Gasteiger partial charge is 0.307 e. The summed E-state index contributed by atoms with van der Waals surface area (Å²) in [5.41, 5.74) is 0. The molecule has 0 bridgehead atoms. The molecule has 4 heteroatoms. The minimum atomic E-state index is -0.728. The van der Waals surface area contributed by atoms with Crippen LogP contribution in [0.1, 0.15) is 26.7 Å². The lowest BCUT2D eigenvalue weighted by atomic mass is 10.2. The molecule has 0 aliphatic carbocycles. The molecule has 0 saturated heterocycles. The van der Waals surface area contributed by atoms with Crippen LogP contribution in [-0.2, 0) is 14.3 Å². The number of hydrogen-bond donors (Lipinski definition) is 0. The number of esters is 1. The van der Waals surface area contributed by atoms with Gasteiger partial charge in [-0.25, -0.2) is 0 Å². The predicted octanol–water partition coefficient (Wildman–Crippen LogP) is 1.53. The van der Waals surface area contributed by atoms with Gasteiger partial charge < -0.3 is 4.74 Å². The van der Waals surface area contributed by atoms with E-state index in [-0.39, 0.29) is 12.2 Å². The zero-order valence-electron chi connectivity index (χ0n) is 7.30. The van der Waals surface area contributed by atoms with Crippen LogP contribution in [0.2, 0.25) is 0 Å². The van der Waals surface area contributed by atoms with Crippen molar-refractivity contribution in [1.82, 2.24) is 0 Å². The molecule has 0 spiro atoms. The molecular weight excluding hydrogens is 180 g/mol. The predicted molar refractivity (Wildman–Crippen MR) is 46.2 cm³/mol. The number of halogens is 1. The van der Waals surface area contributed by atoms with Crippen LogP contribution in [0.5, 0.6) is 0 Å². The second kappa shape index (κ2) is 6.00. The Bertz CT molecular complexity index is 168. The van der Waals surface area contributed by atoms with E-state index in [2.05, 4.69) is 4.74 Å². The molecule has 0 saturated carbocycles. The Hall–Kier alpha value is -0.570. The van der Waals surface area contributed by atoms with E-state index in [9.17, 15) is 9.59 Å². The van der Waals surface area contributed by atoms with E-state index >= 15 is 0 Å². The quantitative estimate of drug-likeness (QED) is 0.490. The molecule has 1 atom stereocenters. The van der Waals surface area contributed by atoms with Crippen molar-refractivity contribution in [2.45, 2.75) is 32.1 Å². The molecule has 0 fully saturated rings. The molecule has 0 rings (SSSR count). The van der Waals surface area contributed by atoms with E-state index < -0.39 is 11.3 Å². The lowest BCUT2D eigenvalue weighted by Crippen LogP contribution is -2.19. The number of alkyl halides is 1. The van der Waals surface area contributed by atoms with Crippen LogP contribution in [0.25, 0.3) is 0 Å². The molecule has 0 aromatic heterocycles. The fraction of sp³-hybridized carbons (Fsp3) is 0.750. The average Bonchev–Trinajstić information content (AvgIpc) is 2.03. The van der Waals surface area contributed by atoms with E-state index in [1.54, 1.807) is 13.8 Å². The summed E-state index contributed by atoms with van der Waals surface area (Å²) in [5.74, 6) is -0.538. The second-order valence-electron chi connectivity index (χ2n) is 2.30. The first kappa shape index (κ1) is 11.4. The molecule has 70 valence electrons. The minimum Gasteiger partial charge on any atom is -0.466 e. The molecule has 3 nitrogen and oxygen atoms in total. The Morgan fingerprint density at radius 2 is 2.00 bits per heavy atom. The molecule has 12 heavy (non-hydrogen) atoms. The molecule has 0 amide bonds. The first-order chi connectivity index (χ1) is 5.61. The van der Waals surface area contributed by atoms with Gasteiger partial charge >= 0.3 is 5.97 Å². The van der Waals surface area contributed by atoms with Crippen molar-refractivity contribution in [2.75, 3.05) is 6.61 Å². The van der Waals surface area contributed by atoms with Crippen LogP contribution in [0.15, 0.2) is 0 Å². The molecule has 0 aliphatic rings.